The van der Waals surface area contributed by atoms with Crippen LogP contribution in [-0.4, -0.2) is 25.7 Å². The maximum absolute atomic E-state index is 15.1. The van der Waals surface area contributed by atoms with Crippen molar-refractivity contribution >= 4 is 17.0 Å². The molecule has 0 fully saturated rings. The number of pyridine rings is 2. The van der Waals surface area contributed by atoms with Crippen molar-refractivity contribution in [1.82, 2.24) is 14.9 Å². The number of carbonyl (C=O) groups is 1. The highest BCUT2D eigenvalue weighted by atomic mass is 19.1. The lowest BCUT2D eigenvalue weighted by atomic mass is 10.0. The summed E-state index contributed by atoms with van der Waals surface area (Å²) in [5.41, 5.74) is 2.09. The van der Waals surface area contributed by atoms with E-state index in [2.05, 4.69) is 10.3 Å². The van der Waals surface area contributed by atoms with Crippen LogP contribution in [0.5, 0.6) is 5.75 Å². The Morgan fingerprint density at radius 1 is 1.06 bits per heavy atom. The number of fused-ring (bicyclic) bond motifs is 2. The van der Waals surface area contributed by atoms with Crippen LogP contribution in [0.3, 0.4) is 0 Å². The molecule has 4 aromatic rings. The SMILES string of the molecule is O=C(O)c1cn(-c2ccc(O)cc2)c2nc(-c3ccc4c(c3)CNC4)c(F)cc2c1=O. The highest BCUT2D eigenvalue weighted by Gasteiger charge is 2.20. The Balaban J connectivity index is 1.81. The lowest BCUT2D eigenvalue weighted by molar-refractivity contribution is 0.0695. The van der Waals surface area contributed by atoms with Crippen molar-refractivity contribution in [2.24, 2.45) is 0 Å². The molecule has 0 unspecified atom stereocenters. The van der Waals surface area contributed by atoms with E-state index in [1.54, 1.807) is 18.2 Å². The van der Waals surface area contributed by atoms with E-state index in [9.17, 15) is 19.8 Å². The highest BCUT2D eigenvalue weighted by Crippen LogP contribution is 2.28. The van der Waals surface area contributed by atoms with Crippen LogP contribution in [0.2, 0.25) is 0 Å². The van der Waals surface area contributed by atoms with Crippen molar-refractivity contribution in [3.05, 3.63) is 87.5 Å². The number of hydrogen-bond donors (Lipinski definition) is 3. The number of carboxylic acid groups (broad SMARTS) is 1. The van der Waals surface area contributed by atoms with Gasteiger partial charge in [0.15, 0.2) is 0 Å². The molecule has 0 atom stereocenters. The van der Waals surface area contributed by atoms with E-state index in [4.69, 9.17) is 0 Å². The van der Waals surface area contributed by atoms with Crippen LogP contribution in [0.15, 0.2) is 59.5 Å². The molecule has 2 aromatic carbocycles. The van der Waals surface area contributed by atoms with E-state index in [0.717, 1.165) is 23.7 Å². The average Bonchev–Trinajstić information content (AvgIpc) is 3.22. The summed E-state index contributed by atoms with van der Waals surface area (Å²) in [6, 6.07) is 12.5. The van der Waals surface area contributed by atoms with Gasteiger partial charge in [0.1, 0.15) is 28.5 Å². The molecule has 3 heterocycles. The number of aromatic carboxylic acids is 1. The van der Waals surface area contributed by atoms with Crippen LogP contribution < -0.4 is 10.7 Å². The lowest BCUT2D eigenvalue weighted by Crippen LogP contribution is -2.19. The quantitative estimate of drug-likeness (QED) is 0.473. The van der Waals surface area contributed by atoms with Crippen molar-refractivity contribution in [3.63, 3.8) is 0 Å². The summed E-state index contributed by atoms with van der Waals surface area (Å²) in [4.78, 5) is 28.8. The van der Waals surface area contributed by atoms with E-state index in [-0.39, 0.29) is 22.5 Å². The van der Waals surface area contributed by atoms with Crippen LogP contribution in [0, 0.1) is 5.82 Å². The molecule has 7 nitrogen and oxygen atoms in total. The lowest BCUT2D eigenvalue weighted by Gasteiger charge is -2.14. The largest absolute Gasteiger partial charge is 0.508 e. The molecule has 0 amide bonds. The molecule has 31 heavy (non-hydrogen) atoms. The molecular formula is C23H16FN3O4. The third-order valence-electron chi connectivity index (χ3n) is 5.40. The smallest absolute Gasteiger partial charge is 0.341 e. The second-order valence-corrected chi connectivity index (χ2v) is 7.34. The van der Waals surface area contributed by atoms with E-state index < -0.39 is 22.8 Å². The van der Waals surface area contributed by atoms with Crippen LogP contribution in [-0.2, 0) is 13.1 Å². The second-order valence-electron chi connectivity index (χ2n) is 7.34. The number of aromatic hydroxyl groups is 1. The van der Waals surface area contributed by atoms with E-state index in [1.807, 2.05) is 12.1 Å². The fourth-order valence-corrected chi connectivity index (χ4v) is 3.83. The standard InChI is InChI=1S/C23H16FN3O4/c24-19-8-17-21(29)18(23(30)31)11-27(15-3-5-16(28)6-4-15)22(17)26-20(19)12-1-2-13-9-25-10-14(13)7-12/h1-8,11,25,28H,9-10H2,(H,30,31). The number of phenols is 1. The van der Waals surface area contributed by atoms with E-state index >= 15 is 4.39 Å². The molecule has 2 aromatic heterocycles. The van der Waals surface area contributed by atoms with Gasteiger partial charge in [0.2, 0.25) is 5.43 Å². The minimum atomic E-state index is -1.42. The first-order chi connectivity index (χ1) is 14.9. The zero-order valence-electron chi connectivity index (χ0n) is 16.1. The second kappa shape index (κ2) is 7.03. The zero-order valence-corrected chi connectivity index (χ0v) is 16.1. The topological polar surface area (TPSA) is 104 Å². The number of benzene rings is 2. The van der Waals surface area contributed by atoms with Crippen LogP contribution in [0.4, 0.5) is 4.39 Å². The zero-order chi connectivity index (χ0) is 21.7. The number of halogens is 1. The summed E-state index contributed by atoms with van der Waals surface area (Å²) in [7, 11) is 0. The Morgan fingerprint density at radius 2 is 1.81 bits per heavy atom. The Hall–Kier alpha value is -4.04. The summed E-state index contributed by atoms with van der Waals surface area (Å²) >= 11 is 0. The molecule has 1 aliphatic heterocycles. The van der Waals surface area contributed by atoms with Crippen molar-refractivity contribution in [1.29, 1.82) is 0 Å². The summed E-state index contributed by atoms with van der Waals surface area (Å²) in [5.74, 6) is -2.11. The van der Waals surface area contributed by atoms with Gasteiger partial charge in [-0.1, -0.05) is 12.1 Å². The Labute approximate surface area is 175 Å². The molecule has 0 saturated carbocycles. The molecule has 0 aliphatic carbocycles. The van der Waals surface area contributed by atoms with Gasteiger partial charge in [0, 0.05) is 30.5 Å². The molecule has 0 spiro atoms. The molecule has 5 rings (SSSR count). The van der Waals surface area contributed by atoms with Gasteiger partial charge in [-0.25, -0.2) is 14.2 Å². The first kappa shape index (κ1) is 19.0. The Kier molecular flexibility index (Phi) is 4.30. The van der Waals surface area contributed by atoms with Crippen LogP contribution in [0.25, 0.3) is 28.0 Å². The average molecular weight is 417 g/mol. The van der Waals surface area contributed by atoms with E-state index in [0.29, 0.717) is 17.8 Å². The third kappa shape index (κ3) is 3.13. The predicted octanol–water partition coefficient (Wildman–Crippen LogP) is 3.20. The number of carboxylic acids is 1. The van der Waals surface area contributed by atoms with Gasteiger partial charge in [-0.2, -0.15) is 0 Å². The first-order valence-electron chi connectivity index (χ1n) is 9.54. The van der Waals surface area contributed by atoms with Gasteiger partial charge >= 0.3 is 5.97 Å². The first-order valence-corrected chi connectivity index (χ1v) is 9.54. The third-order valence-corrected chi connectivity index (χ3v) is 5.40. The van der Waals surface area contributed by atoms with Gasteiger partial charge < -0.3 is 20.1 Å². The maximum atomic E-state index is 15.1. The Morgan fingerprint density at radius 3 is 2.55 bits per heavy atom. The maximum Gasteiger partial charge on any atom is 0.341 e. The predicted molar refractivity (Wildman–Crippen MR) is 112 cm³/mol. The fraction of sp³-hybridized carbons (Fsp3) is 0.0870. The minimum Gasteiger partial charge on any atom is -0.508 e. The minimum absolute atomic E-state index is 0.0269. The molecule has 3 N–H and O–H groups in total. The molecule has 0 bridgehead atoms. The van der Waals surface area contributed by atoms with Crippen molar-refractivity contribution in [2.45, 2.75) is 13.1 Å². The number of phenolic OH excluding ortho intramolecular Hbond substituents is 1. The fourth-order valence-electron chi connectivity index (χ4n) is 3.83. The van der Waals surface area contributed by atoms with Crippen molar-refractivity contribution < 1.29 is 19.4 Å². The van der Waals surface area contributed by atoms with Crippen LogP contribution in [0.1, 0.15) is 21.5 Å². The molecule has 0 radical (unpaired) electrons. The molecule has 8 heteroatoms. The van der Waals surface area contributed by atoms with Gasteiger partial charge in [-0.3, -0.25) is 4.79 Å². The highest BCUT2D eigenvalue weighted by molar-refractivity contribution is 5.92. The number of hydrogen-bond acceptors (Lipinski definition) is 5. The van der Waals surface area contributed by atoms with Crippen molar-refractivity contribution in [3.8, 4) is 22.7 Å². The molecule has 0 saturated heterocycles. The molecular weight excluding hydrogens is 401 g/mol. The summed E-state index contributed by atoms with van der Waals surface area (Å²) in [5, 5.41) is 22.1. The van der Waals surface area contributed by atoms with Gasteiger partial charge in [-0.15, -0.1) is 0 Å². The summed E-state index contributed by atoms with van der Waals surface area (Å²) in [6.07, 6.45) is 1.17. The number of aromatic nitrogens is 2. The Bertz CT molecular complexity index is 1430. The van der Waals surface area contributed by atoms with Crippen molar-refractivity contribution in [2.75, 3.05) is 0 Å². The number of nitrogens with zero attached hydrogens (tertiary/aromatic N) is 2. The molecule has 1 aliphatic rings. The number of nitrogens with one attached hydrogen (secondary N) is 1. The summed E-state index contributed by atoms with van der Waals surface area (Å²) in [6.45, 7) is 1.43. The van der Waals surface area contributed by atoms with Gasteiger partial charge in [0.25, 0.3) is 0 Å². The van der Waals surface area contributed by atoms with Crippen LogP contribution >= 0.6 is 0 Å². The molecule has 154 valence electrons. The van der Waals surface area contributed by atoms with Gasteiger partial charge in [-0.05, 0) is 47.5 Å². The summed E-state index contributed by atoms with van der Waals surface area (Å²) < 4.78 is 16.5. The van der Waals surface area contributed by atoms with E-state index in [1.165, 1.54) is 22.9 Å². The van der Waals surface area contributed by atoms with Gasteiger partial charge in [0.05, 0.1) is 5.39 Å². The number of rotatable bonds is 3. The monoisotopic (exact) mass is 417 g/mol. The normalized spacial score (nSPS) is 12.8.